The summed E-state index contributed by atoms with van der Waals surface area (Å²) in [5, 5.41) is 2.12. The average Bonchev–Trinajstić information content (AvgIpc) is 3.29. The molecule has 5 rings (SSSR count). The Balaban J connectivity index is 1.34. The molecular weight excluding hydrogens is 531 g/mol. The molecule has 0 aliphatic rings. The van der Waals surface area contributed by atoms with Crippen LogP contribution >= 0.6 is 0 Å². The molecule has 7 nitrogen and oxygen atoms in total. The van der Waals surface area contributed by atoms with Crippen molar-refractivity contribution in [2.75, 3.05) is 6.61 Å². The molecule has 1 N–H and O–H groups in total. The lowest BCUT2D eigenvalue weighted by Crippen LogP contribution is -2.40. The van der Waals surface area contributed by atoms with Crippen LogP contribution in [0.25, 0.3) is 33.2 Å². The van der Waals surface area contributed by atoms with Crippen LogP contribution in [-0.4, -0.2) is 36.0 Å². The van der Waals surface area contributed by atoms with Crippen molar-refractivity contribution in [2.24, 2.45) is 0 Å². The largest absolute Gasteiger partial charge is 0.516 e. The van der Waals surface area contributed by atoms with Gasteiger partial charge in [0.1, 0.15) is 11.6 Å². The van der Waals surface area contributed by atoms with Crippen molar-refractivity contribution >= 4 is 37.7 Å². The van der Waals surface area contributed by atoms with E-state index in [0.29, 0.717) is 31.0 Å². The number of nitrogens with one attached hydrogen (secondary N) is 1. The van der Waals surface area contributed by atoms with Crippen molar-refractivity contribution in [3.8, 4) is 17.1 Å². The summed E-state index contributed by atoms with van der Waals surface area (Å²) in [6, 6.07) is 27.0. The maximum Gasteiger partial charge on any atom is 0.516 e. The number of carbonyl (C=O) groups excluding carboxylic acids is 1. The Labute approximate surface area is 221 Å². The van der Waals surface area contributed by atoms with E-state index in [4.69, 9.17) is 9.72 Å². The number of benzene rings is 4. The van der Waals surface area contributed by atoms with Crippen LogP contribution in [0, 0.1) is 0 Å². The van der Waals surface area contributed by atoms with Gasteiger partial charge < -0.3 is 9.30 Å². The van der Waals surface area contributed by atoms with Crippen molar-refractivity contribution in [1.29, 1.82) is 0 Å². The number of halogens is 3. The number of carbonyl (C=O) groups is 1. The van der Waals surface area contributed by atoms with Gasteiger partial charge in [0.2, 0.25) is 0 Å². The van der Waals surface area contributed by atoms with Crippen LogP contribution < -0.4 is 9.46 Å². The number of para-hydroxylation sites is 2. The molecule has 0 aliphatic carbocycles. The summed E-state index contributed by atoms with van der Waals surface area (Å²) in [5.41, 5.74) is -3.59. The molecule has 0 fully saturated rings. The van der Waals surface area contributed by atoms with Crippen molar-refractivity contribution < 1.29 is 31.1 Å². The van der Waals surface area contributed by atoms with Gasteiger partial charge in [-0.2, -0.15) is 21.6 Å². The molecule has 0 radical (unpaired) electrons. The lowest BCUT2D eigenvalue weighted by Gasteiger charge is -2.12. The van der Waals surface area contributed by atoms with Crippen LogP contribution in [0.2, 0.25) is 0 Å². The zero-order valence-corrected chi connectivity index (χ0v) is 21.2. The molecule has 0 saturated heterocycles. The van der Waals surface area contributed by atoms with Crippen molar-refractivity contribution in [2.45, 2.75) is 18.5 Å². The maximum atomic E-state index is 12.6. The SMILES string of the molecule is O=C(NS(=O)(=O)C(F)(F)F)c1ccc(-c2nc3ccccc3n2CCCOc2cccc3ccccc23)cc1. The predicted molar refractivity (Wildman–Crippen MR) is 142 cm³/mol. The summed E-state index contributed by atoms with van der Waals surface area (Å²) in [5.74, 6) is 0.0133. The third kappa shape index (κ3) is 5.44. The van der Waals surface area contributed by atoms with E-state index in [0.717, 1.165) is 32.3 Å². The molecule has 0 saturated carbocycles. The molecule has 0 unspecified atom stereocenters. The Morgan fingerprint density at radius 1 is 0.897 bits per heavy atom. The quantitative estimate of drug-likeness (QED) is 0.242. The number of nitrogens with zero attached hydrogens (tertiary/aromatic N) is 2. The molecule has 39 heavy (non-hydrogen) atoms. The van der Waals surface area contributed by atoms with Crippen LogP contribution in [0.15, 0.2) is 91.0 Å². The molecule has 0 spiro atoms. The number of hydrogen-bond donors (Lipinski definition) is 1. The molecule has 1 amide bonds. The fourth-order valence-corrected chi connectivity index (χ4v) is 4.74. The lowest BCUT2D eigenvalue weighted by atomic mass is 10.1. The Morgan fingerprint density at radius 3 is 2.36 bits per heavy atom. The number of aromatic nitrogens is 2. The first-order chi connectivity index (χ1) is 18.6. The fraction of sp³-hybridized carbons (Fsp3) is 0.143. The Hall–Kier alpha value is -4.38. The van der Waals surface area contributed by atoms with Gasteiger partial charge in [-0.3, -0.25) is 4.79 Å². The number of hydrogen-bond acceptors (Lipinski definition) is 5. The van der Waals surface area contributed by atoms with E-state index in [1.807, 2.05) is 71.3 Å². The van der Waals surface area contributed by atoms with E-state index >= 15 is 0 Å². The smallest absolute Gasteiger partial charge is 0.493 e. The van der Waals surface area contributed by atoms with Crippen molar-refractivity contribution in [3.05, 3.63) is 96.6 Å². The third-order valence-corrected chi connectivity index (χ3v) is 7.19. The molecule has 1 aromatic heterocycles. The molecular formula is C28H22F3N3O4S. The van der Waals surface area contributed by atoms with Gasteiger partial charge in [-0.05, 0) is 42.1 Å². The van der Waals surface area contributed by atoms with E-state index in [-0.39, 0.29) is 5.56 Å². The van der Waals surface area contributed by atoms with Gasteiger partial charge in [0.15, 0.2) is 0 Å². The molecule has 11 heteroatoms. The van der Waals surface area contributed by atoms with Crippen molar-refractivity contribution in [3.63, 3.8) is 0 Å². The lowest BCUT2D eigenvalue weighted by molar-refractivity contribution is -0.0446. The zero-order valence-electron chi connectivity index (χ0n) is 20.4. The summed E-state index contributed by atoms with van der Waals surface area (Å²) in [6.45, 7) is 1.01. The Kier molecular flexibility index (Phi) is 7.00. The number of amides is 1. The van der Waals surface area contributed by atoms with Gasteiger partial charge in [0, 0.05) is 23.1 Å². The number of ether oxygens (including phenoxy) is 1. The molecule has 5 aromatic rings. The number of fused-ring (bicyclic) bond motifs is 2. The molecule has 0 bridgehead atoms. The molecule has 1 heterocycles. The van der Waals surface area contributed by atoms with E-state index in [2.05, 4.69) is 0 Å². The van der Waals surface area contributed by atoms with Gasteiger partial charge in [-0.25, -0.2) is 9.71 Å². The molecule has 0 atom stereocenters. The number of rotatable bonds is 8. The van der Waals surface area contributed by atoms with Crippen LogP contribution in [0.3, 0.4) is 0 Å². The van der Waals surface area contributed by atoms with Gasteiger partial charge in [-0.1, -0.05) is 60.7 Å². The summed E-state index contributed by atoms with van der Waals surface area (Å²) in [7, 11) is -5.80. The van der Waals surface area contributed by atoms with Crippen molar-refractivity contribution in [1.82, 2.24) is 14.3 Å². The highest BCUT2D eigenvalue weighted by Gasteiger charge is 2.47. The third-order valence-electron chi connectivity index (χ3n) is 6.12. The van der Waals surface area contributed by atoms with Crippen LogP contribution in [-0.2, 0) is 16.6 Å². The minimum atomic E-state index is -5.80. The zero-order chi connectivity index (χ0) is 27.6. The fourth-order valence-electron chi connectivity index (χ4n) is 4.26. The highest BCUT2D eigenvalue weighted by molar-refractivity contribution is 7.90. The van der Waals surface area contributed by atoms with Crippen LogP contribution in [0.4, 0.5) is 13.2 Å². The molecule has 200 valence electrons. The highest BCUT2D eigenvalue weighted by atomic mass is 32.2. The summed E-state index contributed by atoms with van der Waals surface area (Å²) < 4.78 is 69.5. The second-order valence-corrected chi connectivity index (χ2v) is 10.4. The first kappa shape index (κ1) is 26.2. The number of sulfonamides is 1. The van der Waals surface area contributed by atoms with Gasteiger partial charge in [0.05, 0.1) is 17.6 Å². The normalized spacial score (nSPS) is 12.1. The minimum absolute atomic E-state index is 0.238. The monoisotopic (exact) mass is 553 g/mol. The van der Waals surface area contributed by atoms with Gasteiger partial charge in [0.25, 0.3) is 5.91 Å². The van der Waals surface area contributed by atoms with E-state index in [9.17, 15) is 26.4 Å². The minimum Gasteiger partial charge on any atom is -0.493 e. The Morgan fingerprint density at radius 2 is 1.59 bits per heavy atom. The number of aryl methyl sites for hydroxylation is 1. The number of imidazole rings is 1. The van der Waals surface area contributed by atoms with E-state index in [1.165, 1.54) is 24.3 Å². The first-order valence-electron chi connectivity index (χ1n) is 11.9. The second kappa shape index (κ2) is 10.4. The summed E-state index contributed by atoms with van der Waals surface area (Å²) in [4.78, 5) is 16.8. The van der Waals surface area contributed by atoms with Gasteiger partial charge in [-0.15, -0.1) is 0 Å². The standard InChI is InChI=1S/C28H22F3N3O4S/c29-28(30,31)39(36,37)33-27(35)21-15-13-20(14-16-21)26-32-23-10-3-4-11-24(23)34(26)17-6-18-38-25-12-5-8-19-7-1-2-9-22(19)25/h1-5,7-16H,6,17-18H2,(H,33,35). The van der Waals surface area contributed by atoms with E-state index < -0.39 is 21.4 Å². The van der Waals surface area contributed by atoms with Crippen LogP contribution in [0.1, 0.15) is 16.8 Å². The predicted octanol–water partition coefficient (Wildman–Crippen LogP) is 5.91. The second-order valence-electron chi connectivity index (χ2n) is 8.71. The topological polar surface area (TPSA) is 90.3 Å². The maximum absolute atomic E-state index is 12.6. The average molecular weight is 554 g/mol. The highest BCUT2D eigenvalue weighted by Crippen LogP contribution is 2.28. The number of alkyl halides is 3. The Bertz CT molecular complexity index is 1760. The van der Waals surface area contributed by atoms with Crippen LogP contribution in [0.5, 0.6) is 5.75 Å². The van der Waals surface area contributed by atoms with E-state index in [1.54, 1.807) is 0 Å². The van der Waals surface area contributed by atoms with Gasteiger partial charge >= 0.3 is 15.5 Å². The molecule has 0 aliphatic heterocycles. The summed E-state index contributed by atoms with van der Waals surface area (Å²) in [6.07, 6.45) is 0.659. The molecule has 4 aromatic carbocycles. The summed E-state index contributed by atoms with van der Waals surface area (Å²) >= 11 is 0. The first-order valence-corrected chi connectivity index (χ1v) is 13.4.